The Morgan fingerprint density at radius 1 is 0.973 bits per heavy atom. The summed E-state index contributed by atoms with van der Waals surface area (Å²) in [7, 11) is 0. The third-order valence-electron chi connectivity index (χ3n) is 6.01. The number of halogens is 1. The van der Waals surface area contributed by atoms with Crippen molar-refractivity contribution in [3.63, 3.8) is 0 Å². The fourth-order valence-electron chi connectivity index (χ4n) is 4.22. The van der Waals surface area contributed by atoms with E-state index in [1.807, 2.05) is 44.2 Å². The van der Waals surface area contributed by atoms with E-state index in [1.54, 1.807) is 4.57 Å². The van der Waals surface area contributed by atoms with E-state index in [-0.39, 0.29) is 29.4 Å². The largest absolute Gasteiger partial charge is 0.494 e. The fraction of sp³-hybridized carbons (Fsp3) is 0.321. The zero-order valence-electron chi connectivity index (χ0n) is 21.1. The Kier molecular flexibility index (Phi) is 8.22. The number of amides is 1. The number of hydrogen-bond donors (Lipinski definition) is 2. The molecule has 194 valence electrons. The van der Waals surface area contributed by atoms with Crippen molar-refractivity contribution in [3.8, 4) is 17.0 Å². The molecular weight excluding hydrogens is 475 g/mol. The molecule has 0 fully saturated rings. The van der Waals surface area contributed by atoms with E-state index in [0.717, 1.165) is 17.7 Å². The molecule has 1 amide bonds. The highest BCUT2D eigenvalue weighted by Gasteiger charge is 2.16. The molecule has 2 aromatic carbocycles. The van der Waals surface area contributed by atoms with Crippen LogP contribution in [-0.4, -0.2) is 26.6 Å². The molecule has 0 bridgehead atoms. The Labute approximate surface area is 213 Å². The molecular formula is C28H31FN4O4. The van der Waals surface area contributed by atoms with Crippen LogP contribution in [0.25, 0.3) is 22.3 Å². The van der Waals surface area contributed by atoms with Gasteiger partial charge in [0.2, 0.25) is 5.91 Å². The van der Waals surface area contributed by atoms with Crippen molar-refractivity contribution in [3.05, 3.63) is 81.3 Å². The highest BCUT2D eigenvalue weighted by Crippen LogP contribution is 2.24. The lowest BCUT2D eigenvalue weighted by molar-refractivity contribution is -0.116. The topological polar surface area (TPSA) is 98.1 Å². The number of anilines is 1. The number of hydrogen-bond acceptors (Lipinski definition) is 4. The fourth-order valence-corrected chi connectivity index (χ4v) is 4.22. The Hall–Kier alpha value is -4.14. The number of H-pyrrole nitrogens is 1. The standard InChI is InChI=1S/C28H31FN4O4/c1-3-15-32-24-18-23(31-26(24)27(35)33(16-4-2)28(32)36)19-7-13-22(14-8-19)37-17-5-6-25(34)30-21-11-9-20(29)10-12-21/h7-14,18,31H,3-6,15-17H2,1-2H3,(H,30,34). The second-order valence-corrected chi connectivity index (χ2v) is 8.87. The van der Waals surface area contributed by atoms with Gasteiger partial charge in [0.15, 0.2) is 0 Å². The van der Waals surface area contributed by atoms with Crippen molar-refractivity contribution in [2.75, 3.05) is 11.9 Å². The number of benzene rings is 2. The van der Waals surface area contributed by atoms with Crippen molar-refractivity contribution in [1.82, 2.24) is 14.1 Å². The SMILES string of the molecule is CCCn1c(=O)c2[nH]c(-c3ccc(OCCCC(=O)Nc4ccc(F)cc4)cc3)cc2n(CCC)c1=O. The van der Waals surface area contributed by atoms with E-state index >= 15 is 0 Å². The summed E-state index contributed by atoms with van der Waals surface area (Å²) in [5.41, 5.74) is 2.62. The van der Waals surface area contributed by atoms with Crippen LogP contribution in [-0.2, 0) is 17.9 Å². The number of carbonyl (C=O) groups excluding carboxylic acids is 1. The monoisotopic (exact) mass is 506 g/mol. The van der Waals surface area contributed by atoms with Crippen molar-refractivity contribution in [2.24, 2.45) is 0 Å². The van der Waals surface area contributed by atoms with Gasteiger partial charge in [-0.15, -0.1) is 0 Å². The second-order valence-electron chi connectivity index (χ2n) is 8.87. The maximum absolute atomic E-state index is 13.0. The quantitative estimate of drug-likeness (QED) is 0.282. The summed E-state index contributed by atoms with van der Waals surface area (Å²) in [6.45, 7) is 5.21. The summed E-state index contributed by atoms with van der Waals surface area (Å²) in [5.74, 6) is 0.143. The highest BCUT2D eigenvalue weighted by atomic mass is 19.1. The normalized spacial score (nSPS) is 11.1. The van der Waals surface area contributed by atoms with E-state index in [1.165, 1.54) is 28.8 Å². The number of aromatic amines is 1. The van der Waals surface area contributed by atoms with Crippen LogP contribution in [0.4, 0.5) is 10.1 Å². The first-order valence-electron chi connectivity index (χ1n) is 12.6. The van der Waals surface area contributed by atoms with Crippen molar-refractivity contribution in [1.29, 1.82) is 0 Å². The summed E-state index contributed by atoms with van der Waals surface area (Å²) >= 11 is 0. The van der Waals surface area contributed by atoms with Crippen molar-refractivity contribution >= 4 is 22.6 Å². The van der Waals surface area contributed by atoms with Gasteiger partial charge < -0.3 is 15.0 Å². The van der Waals surface area contributed by atoms with Gasteiger partial charge in [-0.25, -0.2) is 9.18 Å². The first-order valence-corrected chi connectivity index (χ1v) is 12.6. The third kappa shape index (κ3) is 5.99. The van der Waals surface area contributed by atoms with E-state index in [4.69, 9.17) is 4.74 Å². The van der Waals surface area contributed by atoms with Gasteiger partial charge in [0.05, 0.1) is 12.1 Å². The summed E-state index contributed by atoms with van der Waals surface area (Å²) < 4.78 is 21.7. The zero-order chi connectivity index (χ0) is 26.4. The summed E-state index contributed by atoms with van der Waals surface area (Å²) in [5, 5.41) is 2.72. The molecule has 0 atom stereocenters. The Balaban J connectivity index is 1.40. The van der Waals surface area contributed by atoms with E-state index in [9.17, 15) is 18.8 Å². The average Bonchev–Trinajstić information content (AvgIpc) is 3.34. The predicted octanol–water partition coefficient (Wildman–Crippen LogP) is 4.92. The van der Waals surface area contributed by atoms with Gasteiger partial charge in [0.25, 0.3) is 5.56 Å². The van der Waals surface area contributed by atoms with Gasteiger partial charge in [-0.1, -0.05) is 13.8 Å². The van der Waals surface area contributed by atoms with Crippen LogP contribution in [0.5, 0.6) is 5.75 Å². The minimum Gasteiger partial charge on any atom is -0.494 e. The smallest absolute Gasteiger partial charge is 0.331 e. The molecule has 4 aromatic rings. The minimum atomic E-state index is -0.353. The molecule has 8 nitrogen and oxygen atoms in total. The Morgan fingerprint density at radius 3 is 2.32 bits per heavy atom. The van der Waals surface area contributed by atoms with Gasteiger partial charge in [-0.05, 0) is 79.4 Å². The number of fused-ring (bicyclic) bond motifs is 1. The molecule has 0 unspecified atom stereocenters. The lowest BCUT2D eigenvalue weighted by Crippen LogP contribution is -2.39. The van der Waals surface area contributed by atoms with E-state index in [2.05, 4.69) is 10.3 Å². The number of aromatic nitrogens is 3. The van der Waals surface area contributed by atoms with Gasteiger partial charge in [-0.3, -0.25) is 18.7 Å². The highest BCUT2D eigenvalue weighted by molar-refractivity contribution is 5.90. The number of ether oxygens (including phenoxy) is 1. The van der Waals surface area contributed by atoms with Crippen LogP contribution in [0.3, 0.4) is 0 Å². The van der Waals surface area contributed by atoms with Crippen LogP contribution in [0, 0.1) is 5.82 Å². The summed E-state index contributed by atoms with van der Waals surface area (Å²) in [4.78, 5) is 41.1. The molecule has 0 aliphatic rings. The molecule has 0 aliphatic heterocycles. The van der Waals surface area contributed by atoms with E-state index in [0.29, 0.717) is 55.0 Å². The molecule has 4 rings (SSSR count). The van der Waals surface area contributed by atoms with Crippen LogP contribution in [0.15, 0.2) is 64.2 Å². The van der Waals surface area contributed by atoms with E-state index < -0.39 is 0 Å². The molecule has 0 saturated carbocycles. The average molecular weight is 507 g/mol. The predicted molar refractivity (Wildman–Crippen MR) is 143 cm³/mol. The molecule has 2 aromatic heterocycles. The van der Waals surface area contributed by atoms with Gasteiger partial charge in [0.1, 0.15) is 17.1 Å². The van der Waals surface area contributed by atoms with Crippen LogP contribution >= 0.6 is 0 Å². The van der Waals surface area contributed by atoms with Gasteiger partial charge in [0, 0.05) is 30.9 Å². The maximum Gasteiger partial charge on any atom is 0.331 e. The molecule has 37 heavy (non-hydrogen) atoms. The minimum absolute atomic E-state index is 0.163. The first-order chi connectivity index (χ1) is 17.9. The van der Waals surface area contributed by atoms with Crippen LogP contribution < -0.4 is 21.3 Å². The molecule has 0 saturated heterocycles. The zero-order valence-corrected chi connectivity index (χ0v) is 21.1. The Morgan fingerprint density at radius 2 is 1.65 bits per heavy atom. The number of rotatable bonds is 11. The molecule has 0 radical (unpaired) electrons. The summed E-state index contributed by atoms with van der Waals surface area (Å²) in [6.07, 6.45) is 2.27. The molecule has 0 spiro atoms. The van der Waals surface area contributed by atoms with Gasteiger partial charge >= 0.3 is 5.69 Å². The summed E-state index contributed by atoms with van der Waals surface area (Å²) in [6, 6.07) is 14.9. The third-order valence-corrected chi connectivity index (χ3v) is 6.01. The van der Waals surface area contributed by atoms with Crippen LogP contribution in [0.1, 0.15) is 39.5 Å². The number of aryl methyl sites for hydroxylation is 1. The number of nitrogens with one attached hydrogen (secondary N) is 2. The van der Waals surface area contributed by atoms with Crippen molar-refractivity contribution < 1.29 is 13.9 Å². The molecule has 9 heteroatoms. The first kappa shape index (κ1) is 25.9. The number of nitrogens with zero attached hydrogens (tertiary/aromatic N) is 2. The van der Waals surface area contributed by atoms with Crippen molar-refractivity contribution in [2.45, 2.75) is 52.6 Å². The molecule has 0 aliphatic carbocycles. The Bertz CT molecular complexity index is 1480. The number of carbonyl (C=O) groups is 1. The maximum atomic E-state index is 13.0. The molecule has 2 N–H and O–H groups in total. The second kappa shape index (κ2) is 11.7. The lowest BCUT2D eigenvalue weighted by Gasteiger charge is -2.10. The van der Waals surface area contributed by atoms with Crippen LogP contribution in [0.2, 0.25) is 0 Å². The molecule has 2 heterocycles. The lowest BCUT2D eigenvalue weighted by atomic mass is 10.1. The van der Waals surface area contributed by atoms with Gasteiger partial charge in [-0.2, -0.15) is 0 Å².